The summed E-state index contributed by atoms with van der Waals surface area (Å²) in [6.45, 7) is 0.746. The number of hydrogen-bond acceptors (Lipinski definition) is 4. The first-order chi connectivity index (χ1) is 9.42. The van der Waals surface area contributed by atoms with Gasteiger partial charge in [0.15, 0.2) is 0 Å². The number of nitrogens with two attached hydrogens (primary N) is 1. The minimum absolute atomic E-state index is 0.0506. The molecule has 0 fully saturated rings. The zero-order valence-electron chi connectivity index (χ0n) is 10.3. The topological polar surface area (TPSA) is 90.0 Å². The molecule has 0 saturated heterocycles. The van der Waals surface area contributed by atoms with Gasteiger partial charge in [-0.2, -0.15) is 5.10 Å². The van der Waals surface area contributed by atoms with Gasteiger partial charge in [0.25, 0.3) is 10.0 Å². The molecule has 2 aromatic rings. The Morgan fingerprint density at radius 3 is 2.90 bits per heavy atom. The fraction of sp³-hybridized carbons (Fsp3) is 0.182. The first kappa shape index (κ1) is 14.9. The Kier molecular flexibility index (Phi) is 4.41. The number of nitrogens with zero attached hydrogens (tertiary/aromatic N) is 2. The minimum Gasteiger partial charge on any atom is -0.329 e. The molecule has 9 heteroatoms. The number of anilines is 1. The monoisotopic (exact) mass is 362 g/mol. The molecule has 108 valence electrons. The maximum absolute atomic E-state index is 13.6. The van der Waals surface area contributed by atoms with Gasteiger partial charge in [-0.3, -0.25) is 9.40 Å². The quantitative estimate of drug-likeness (QED) is 0.843. The fourth-order valence-electron chi connectivity index (χ4n) is 1.52. The second kappa shape index (κ2) is 5.90. The predicted octanol–water partition coefficient (Wildman–Crippen LogP) is 1.54. The van der Waals surface area contributed by atoms with E-state index in [1.165, 1.54) is 35.3 Å². The summed E-state index contributed by atoms with van der Waals surface area (Å²) in [7, 11) is -3.89. The van der Waals surface area contributed by atoms with Crippen LogP contribution in [-0.4, -0.2) is 24.7 Å². The summed E-state index contributed by atoms with van der Waals surface area (Å²) in [6, 6.07) is 3.99. The van der Waals surface area contributed by atoms with Crippen LogP contribution in [0, 0.1) is 5.82 Å². The standard InChI is InChI=1S/C11H12BrFN4O2S/c12-8-1-2-10(13)11(5-8)16-20(18,19)9-6-15-17(7-9)4-3-14/h1-2,5-7,16H,3-4,14H2. The normalized spacial score (nSPS) is 11.6. The molecule has 0 amide bonds. The van der Waals surface area contributed by atoms with E-state index in [2.05, 4.69) is 25.8 Å². The fourth-order valence-corrected chi connectivity index (χ4v) is 2.89. The summed E-state index contributed by atoms with van der Waals surface area (Å²) in [6.07, 6.45) is 2.53. The number of aromatic nitrogens is 2. The van der Waals surface area contributed by atoms with Crippen molar-refractivity contribution in [3.63, 3.8) is 0 Å². The Morgan fingerprint density at radius 2 is 2.20 bits per heavy atom. The molecule has 0 aliphatic carbocycles. The summed E-state index contributed by atoms with van der Waals surface area (Å²) in [4.78, 5) is -0.0506. The van der Waals surface area contributed by atoms with E-state index in [1.54, 1.807) is 0 Å². The van der Waals surface area contributed by atoms with Gasteiger partial charge in [-0.05, 0) is 18.2 Å². The van der Waals surface area contributed by atoms with Crippen molar-refractivity contribution in [2.24, 2.45) is 5.73 Å². The zero-order chi connectivity index (χ0) is 14.8. The maximum Gasteiger partial charge on any atom is 0.265 e. The lowest BCUT2D eigenvalue weighted by Crippen LogP contribution is -2.14. The van der Waals surface area contributed by atoms with E-state index in [0.717, 1.165) is 0 Å². The molecule has 3 N–H and O–H groups in total. The van der Waals surface area contributed by atoms with Crippen molar-refractivity contribution in [2.75, 3.05) is 11.3 Å². The molecule has 1 aromatic carbocycles. The highest BCUT2D eigenvalue weighted by molar-refractivity contribution is 9.10. The van der Waals surface area contributed by atoms with Crippen LogP contribution < -0.4 is 10.5 Å². The first-order valence-electron chi connectivity index (χ1n) is 5.63. The van der Waals surface area contributed by atoms with E-state index < -0.39 is 15.8 Å². The van der Waals surface area contributed by atoms with Gasteiger partial charge >= 0.3 is 0 Å². The van der Waals surface area contributed by atoms with Gasteiger partial charge in [0.1, 0.15) is 10.7 Å². The average molecular weight is 363 g/mol. The third-order valence-corrected chi connectivity index (χ3v) is 4.26. The number of halogens is 2. The van der Waals surface area contributed by atoms with Crippen molar-refractivity contribution in [3.8, 4) is 0 Å². The lowest BCUT2D eigenvalue weighted by molar-refractivity contribution is 0.597. The van der Waals surface area contributed by atoms with Crippen LogP contribution >= 0.6 is 15.9 Å². The van der Waals surface area contributed by atoms with E-state index in [9.17, 15) is 12.8 Å². The number of rotatable bonds is 5. The number of hydrogen-bond donors (Lipinski definition) is 2. The van der Waals surface area contributed by atoms with Crippen LogP contribution in [0.15, 0.2) is 40.0 Å². The lowest BCUT2D eigenvalue weighted by atomic mass is 10.3. The van der Waals surface area contributed by atoms with Crippen molar-refractivity contribution in [3.05, 3.63) is 40.9 Å². The second-order valence-electron chi connectivity index (χ2n) is 3.96. The molecule has 0 spiro atoms. The molecule has 0 aliphatic rings. The molecule has 0 unspecified atom stereocenters. The van der Waals surface area contributed by atoms with Crippen LogP contribution in [-0.2, 0) is 16.6 Å². The highest BCUT2D eigenvalue weighted by Gasteiger charge is 2.18. The SMILES string of the molecule is NCCn1cc(S(=O)(=O)Nc2cc(Br)ccc2F)cn1. The Hall–Kier alpha value is -1.45. The molecule has 0 bridgehead atoms. The van der Waals surface area contributed by atoms with Gasteiger partial charge < -0.3 is 5.73 Å². The Balaban J connectivity index is 2.28. The van der Waals surface area contributed by atoms with Gasteiger partial charge in [0.05, 0.1) is 18.4 Å². The molecule has 1 aromatic heterocycles. The van der Waals surface area contributed by atoms with Crippen molar-refractivity contribution in [2.45, 2.75) is 11.4 Å². The van der Waals surface area contributed by atoms with Gasteiger partial charge in [-0.1, -0.05) is 15.9 Å². The van der Waals surface area contributed by atoms with Crippen molar-refractivity contribution < 1.29 is 12.8 Å². The molecule has 0 aliphatic heterocycles. The van der Waals surface area contributed by atoms with Crippen LogP contribution in [0.3, 0.4) is 0 Å². The third-order valence-electron chi connectivity index (χ3n) is 2.45. The Morgan fingerprint density at radius 1 is 1.45 bits per heavy atom. The van der Waals surface area contributed by atoms with E-state index in [0.29, 0.717) is 17.6 Å². The van der Waals surface area contributed by atoms with Gasteiger partial charge in [-0.25, -0.2) is 12.8 Å². The van der Waals surface area contributed by atoms with Crippen LogP contribution in [0.1, 0.15) is 0 Å². The highest BCUT2D eigenvalue weighted by atomic mass is 79.9. The van der Waals surface area contributed by atoms with Gasteiger partial charge in [0, 0.05) is 17.2 Å². The lowest BCUT2D eigenvalue weighted by Gasteiger charge is -2.07. The minimum atomic E-state index is -3.89. The Labute approximate surface area is 124 Å². The first-order valence-corrected chi connectivity index (χ1v) is 7.90. The molecule has 0 saturated carbocycles. The number of benzene rings is 1. The van der Waals surface area contributed by atoms with Crippen LogP contribution in [0.25, 0.3) is 0 Å². The largest absolute Gasteiger partial charge is 0.329 e. The van der Waals surface area contributed by atoms with E-state index in [4.69, 9.17) is 5.73 Å². The molecule has 2 rings (SSSR count). The van der Waals surface area contributed by atoms with E-state index >= 15 is 0 Å². The van der Waals surface area contributed by atoms with Crippen molar-refractivity contribution >= 4 is 31.6 Å². The van der Waals surface area contributed by atoms with Gasteiger partial charge in [0.2, 0.25) is 0 Å². The second-order valence-corrected chi connectivity index (χ2v) is 6.56. The summed E-state index contributed by atoms with van der Waals surface area (Å²) in [5.41, 5.74) is 5.22. The molecule has 1 heterocycles. The van der Waals surface area contributed by atoms with Crippen LogP contribution in [0.4, 0.5) is 10.1 Å². The third kappa shape index (κ3) is 3.35. The average Bonchev–Trinajstić information content (AvgIpc) is 2.83. The molecular formula is C11H12BrFN4O2S. The summed E-state index contributed by atoms with van der Waals surface area (Å²) in [5.74, 6) is -0.661. The van der Waals surface area contributed by atoms with E-state index in [1.807, 2.05) is 0 Å². The summed E-state index contributed by atoms with van der Waals surface area (Å²) >= 11 is 3.15. The smallest absolute Gasteiger partial charge is 0.265 e. The van der Waals surface area contributed by atoms with Crippen LogP contribution in [0.2, 0.25) is 0 Å². The van der Waals surface area contributed by atoms with E-state index in [-0.39, 0.29) is 10.6 Å². The molecule has 0 atom stereocenters. The maximum atomic E-state index is 13.6. The Bertz CT molecular complexity index is 717. The molecular weight excluding hydrogens is 351 g/mol. The molecule has 6 nitrogen and oxygen atoms in total. The van der Waals surface area contributed by atoms with Crippen LogP contribution in [0.5, 0.6) is 0 Å². The zero-order valence-corrected chi connectivity index (χ0v) is 12.7. The summed E-state index contributed by atoms with van der Waals surface area (Å²) < 4.78 is 41.9. The number of nitrogens with one attached hydrogen (secondary N) is 1. The molecule has 20 heavy (non-hydrogen) atoms. The van der Waals surface area contributed by atoms with Crippen molar-refractivity contribution in [1.29, 1.82) is 0 Å². The highest BCUT2D eigenvalue weighted by Crippen LogP contribution is 2.22. The summed E-state index contributed by atoms with van der Waals surface area (Å²) in [5, 5.41) is 3.87. The van der Waals surface area contributed by atoms with Crippen molar-refractivity contribution in [1.82, 2.24) is 9.78 Å². The van der Waals surface area contributed by atoms with Gasteiger partial charge in [-0.15, -0.1) is 0 Å². The molecule has 0 radical (unpaired) electrons. The number of sulfonamides is 1. The predicted molar refractivity (Wildman–Crippen MR) is 76.2 cm³/mol.